The van der Waals surface area contributed by atoms with Gasteiger partial charge in [-0.05, 0) is 19.4 Å². The lowest BCUT2D eigenvalue weighted by Gasteiger charge is -2.21. The topological polar surface area (TPSA) is 19.0 Å². The second-order valence-corrected chi connectivity index (χ2v) is 3.80. The Morgan fingerprint density at radius 1 is 1.20 bits per heavy atom. The lowest BCUT2D eigenvalue weighted by molar-refractivity contribution is 0.794. The van der Waals surface area contributed by atoms with E-state index in [0.29, 0.717) is 0 Å². The number of fused-ring (bicyclic) bond motifs is 1. The lowest BCUT2D eigenvalue weighted by Crippen LogP contribution is -2.22. The first-order valence-electron chi connectivity index (χ1n) is 5.67. The fourth-order valence-corrected chi connectivity index (χ4v) is 2.04. The SMILES string of the molecule is CCCN(CC)c1c[nH]c2ccccc12. The number of hydrogen-bond donors (Lipinski definition) is 1. The van der Waals surface area contributed by atoms with E-state index in [1.807, 2.05) is 0 Å². The molecule has 2 nitrogen and oxygen atoms in total. The molecule has 0 bridgehead atoms. The van der Waals surface area contributed by atoms with Crippen molar-refractivity contribution in [2.75, 3.05) is 18.0 Å². The van der Waals surface area contributed by atoms with Crippen LogP contribution in [0.25, 0.3) is 10.9 Å². The van der Waals surface area contributed by atoms with Crippen LogP contribution in [0.2, 0.25) is 0 Å². The van der Waals surface area contributed by atoms with E-state index >= 15 is 0 Å². The van der Waals surface area contributed by atoms with Crippen molar-refractivity contribution in [2.45, 2.75) is 20.3 Å². The van der Waals surface area contributed by atoms with Crippen molar-refractivity contribution in [2.24, 2.45) is 0 Å². The maximum absolute atomic E-state index is 3.32. The van der Waals surface area contributed by atoms with Gasteiger partial charge in [-0.1, -0.05) is 25.1 Å². The number of benzene rings is 1. The molecule has 0 fully saturated rings. The van der Waals surface area contributed by atoms with Gasteiger partial charge in [-0.2, -0.15) is 0 Å². The van der Waals surface area contributed by atoms with Crippen molar-refractivity contribution in [3.63, 3.8) is 0 Å². The van der Waals surface area contributed by atoms with Gasteiger partial charge < -0.3 is 9.88 Å². The van der Waals surface area contributed by atoms with E-state index in [-0.39, 0.29) is 0 Å². The highest BCUT2D eigenvalue weighted by atomic mass is 15.1. The highest BCUT2D eigenvalue weighted by Gasteiger charge is 2.08. The number of rotatable bonds is 4. The molecule has 2 aromatic rings. The van der Waals surface area contributed by atoms with E-state index in [9.17, 15) is 0 Å². The van der Waals surface area contributed by atoms with Crippen molar-refractivity contribution in [1.29, 1.82) is 0 Å². The highest BCUT2D eigenvalue weighted by molar-refractivity contribution is 5.92. The molecule has 0 saturated heterocycles. The van der Waals surface area contributed by atoms with E-state index in [4.69, 9.17) is 0 Å². The summed E-state index contributed by atoms with van der Waals surface area (Å²) in [5.74, 6) is 0. The van der Waals surface area contributed by atoms with Gasteiger partial charge >= 0.3 is 0 Å². The summed E-state index contributed by atoms with van der Waals surface area (Å²) in [4.78, 5) is 5.74. The Labute approximate surface area is 90.9 Å². The van der Waals surface area contributed by atoms with Crippen molar-refractivity contribution in [3.05, 3.63) is 30.5 Å². The molecule has 1 heterocycles. The summed E-state index contributed by atoms with van der Waals surface area (Å²) in [6, 6.07) is 8.47. The first kappa shape index (κ1) is 10.1. The molecule has 0 amide bonds. The molecule has 80 valence electrons. The third-order valence-electron chi connectivity index (χ3n) is 2.78. The molecule has 0 aliphatic carbocycles. The molecule has 0 unspecified atom stereocenters. The quantitative estimate of drug-likeness (QED) is 0.805. The van der Waals surface area contributed by atoms with Gasteiger partial charge in [0.1, 0.15) is 0 Å². The molecule has 0 saturated carbocycles. The first-order chi connectivity index (χ1) is 7.36. The van der Waals surface area contributed by atoms with E-state index in [1.54, 1.807) is 0 Å². The van der Waals surface area contributed by atoms with Crippen LogP contribution in [-0.2, 0) is 0 Å². The number of hydrogen-bond acceptors (Lipinski definition) is 1. The lowest BCUT2D eigenvalue weighted by atomic mass is 10.2. The van der Waals surface area contributed by atoms with E-state index in [0.717, 1.165) is 13.1 Å². The van der Waals surface area contributed by atoms with Crippen molar-refractivity contribution in [3.8, 4) is 0 Å². The second-order valence-electron chi connectivity index (χ2n) is 3.80. The summed E-state index contributed by atoms with van der Waals surface area (Å²) in [5, 5.41) is 1.33. The monoisotopic (exact) mass is 202 g/mol. The number of aromatic amines is 1. The predicted octanol–water partition coefficient (Wildman–Crippen LogP) is 3.40. The molecular formula is C13H18N2. The van der Waals surface area contributed by atoms with E-state index < -0.39 is 0 Å². The molecule has 2 heteroatoms. The zero-order valence-corrected chi connectivity index (χ0v) is 9.46. The van der Waals surface area contributed by atoms with Crippen LogP contribution >= 0.6 is 0 Å². The Hall–Kier alpha value is -1.44. The summed E-state index contributed by atoms with van der Waals surface area (Å²) >= 11 is 0. The largest absolute Gasteiger partial charge is 0.370 e. The number of nitrogens with zero attached hydrogens (tertiary/aromatic N) is 1. The van der Waals surface area contributed by atoms with Gasteiger partial charge in [-0.15, -0.1) is 0 Å². The average molecular weight is 202 g/mol. The molecule has 15 heavy (non-hydrogen) atoms. The highest BCUT2D eigenvalue weighted by Crippen LogP contribution is 2.26. The maximum Gasteiger partial charge on any atom is 0.0623 e. The molecule has 2 rings (SSSR count). The van der Waals surface area contributed by atoms with Crippen molar-refractivity contribution in [1.82, 2.24) is 4.98 Å². The Balaban J connectivity index is 2.41. The van der Waals surface area contributed by atoms with Gasteiger partial charge in [-0.3, -0.25) is 0 Å². The van der Waals surface area contributed by atoms with Gasteiger partial charge in [0.25, 0.3) is 0 Å². The van der Waals surface area contributed by atoms with Gasteiger partial charge in [0.05, 0.1) is 5.69 Å². The van der Waals surface area contributed by atoms with E-state index in [2.05, 4.69) is 54.2 Å². The number of H-pyrrole nitrogens is 1. The summed E-state index contributed by atoms with van der Waals surface area (Å²) in [6.07, 6.45) is 3.30. The smallest absolute Gasteiger partial charge is 0.0623 e. The van der Waals surface area contributed by atoms with E-state index in [1.165, 1.54) is 23.0 Å². The molecule has 0 radical (unpaired) electrons. The van der Waals surface area contributed by atoms with Gasteiger partial charge in [-0.25, -0.2) is 0 Å². The van der Waals surface area contributed by atoms with Crippen LogP contribution in [0.5, 0.6) is 0 Å². The molecule has 1 aromatic heterocycles. The molecule has 1 aromatic carbocycles. The fourth-order valence-electron chi connectivity index (χ4n) is 2.04. The standard InChI is InChI=1S/C13H18N2/c1-3-9-15(4-2)13-10-14-12-8-6-5-7-11(12)13/h5-8,10,14H,3-4,9H2,1-2H3. The van der Waals surface area contributed by atoms with Crippen LogP contribution in [0.1, 0.15) is 20.3 Å². The molecular weight excluding hydrogens is 184 g/mol. The summed E-state index contributed by atoms with van der Waals surface area (Å²) in [7, 11) is 0. The normalized spacial score (nSPS) is 10.8. The molecule has 1 N–H and O–H groups in total. The van der Waals surface area contributed by atoms with Crippen LogP contribution in [0.15, 0.2) is 30.5 Å². The third-order valence-corrected chi connectivity index (χ3v) is 2.78. The summed E-state index contributed by atoms with van der Waals surface area (Å²) in [5.41, 5.74) is 2.55. The van der Waals surface area contributed by atoms with Gasteiger partial charge in [0, 0.05) is 30.2 Å². The first-order valence-corrected chi connectivity index (χ1v) is 5.67. The minimum absolute atomic E-state index is 1.07. The Bertz CT molecular complexity index is 431. The average Bonchev–Trinajstić information content (AvgIpc) is 2.70. The summed E-state index contributed by atoms with van der Waals surface area (Å²) < 4.78 is 0. The van der Waals surface area contributed by atoms with Gasteiger partial charge in [0.15, 0.2) is 0 Å². The zero-order valence-electron chi connectivity index (χ0n) is 9.46. The van der Waals surface area contributed by atoms with Crippen molar-refractivity contribution < 1.29 is 0 Å². The minimum atomic E-state index is 1.07. The fraction of sp³-hybridized carbons (Fsp3) is 0.385. The third kappa shape index (κ3) is 1.84. The Kier molecular flexibility index (Phi) is 2.95. The predicted molar refractivity (Wildman–Crippen MR) is 66.5 cm³/mol. The maximum atomic E-state index is 3.32. The summed E-state index contributed by atoms with van der Waals surface area (Å²) in [6.45, 7) is 6.61. The minimum Gasteiger partial charge on any atom is -0.370 e. The Morgan fingerprint density at radius 2 is 2.00 bits per heavy atom. The molecule has 0 aliphatic heterocycles. The molecule has 0 atom stereocenters. The van der Waals surface area contributed by atoms with Crippen LogP contribution < -0.4 is 4.90 Å². The van der Waals surface area contributed by atoms with Crippen LogP contribution in [0, 0.1) is 0 Å². The zero-order chi connectivity index (χ0) is 10.7. The van der Waals surface area contributed by atoms with Gasteiger partial charge in [0.2, 0.25) is 0 Å². The number of para-hydroxylation sites is 1. The number of nitrogens with one attached hydrogen (secondary N) is 1. The number of anilines is 1. The number of aromatic nitrogens is 1. The second kappa shape index (κ2) is 4.39. The molecule has 0 spiro atoms. The molecule has 0 aliphatic rings. The van der Waals surface area contributed by atoms with Crippen molar-refractivity contribution >= 4 is 16.6 Å². The van der Waals surface area contributed by atoms with Crippen LogP contribution in [0.4, 0.5) is 5.69 Å². The van der Waals surface area contributed by atoms with Crippen LogP contribution in [0.3, 0.4) is 0 Å². The van der Waals surface area contributed by atoms with Crippen LogP contribution in [-0.4, -0.2) is 18.1 Å². The Morgan fingerprint density at radius 3 is 2.73 bits per heavy atom.